The standard InChI is InChI=1S/C10H22O3Si/c1-7-12-9(11)8(10(2,3)4)13-14(5)6/h8,14H,7H2,1-6H3. The van der Waals surface area contributed by atoms with Crippen molar-refractivity contribution in [2.45, 2.75) is 46.9 Å². The summed E-state index contributed by atoms with van der Waals surface area (Å²) in [6.45, 7) is 12.3. The summed E-state index contributed by atoms with van der Waals surface area (Å²) in [5.74, 6) is -0.235. The zero-order chi connectivity index (χ0) is 11.4. The summed E-state index contributed by atoms with van der Waals surface area (Å²) in [6, 6.07) is 0. The maximum atomic E-state index is 11.6. The van der Waals surface area contributed by atoms with Crippen molar-refractivity contribution in [3.63, 3.8) is 0 Å². The second-order valence-corrected chi connectivity index (χ2v) is 7.05. The molecule has 0 saturated carbocycles. The Morgan fingerprint density at radius 2 is 1.86 bits per heavy atom. The molecule has 1 unspecified atom stereocenters. The van der Waals surface area contributed by atoms with E-state index in [2.05, 4.69) is 13.1 Å². The van der Waals surface area contributed by atoms with E-state index in [4.69, 9.17) is 9.16 Å². The average Bonchev–Trinajstić information content (AvgIpc) is 1.98. The molecule has 0 aromatic carbocycles. The van der Waals surface area contributed by atoms with E-state index >= 15 is 0 Å². The van der Waals surface area contributed by atoms with Gasteiger partial charge in [-0.2, -0.15) is 0 Å². The van der Waals surface area contributed by atoms with Crippen molar-refractivity contribution in [1.29, 1.82) is 0 Å². The molecular weight excluding hydrogens is 196 g/mol. The molecule has 0 aliphatic rings. The molecule has 14 heavy (non-hydrogen) atoms. The Kier molecular flexibility index (Phi) is 5.37. The SMILES string of the molecule is CCOC(=O)C(O[SiH](C)C)C(C)(C)C. The molecule has 0 rings (SSSR count). The molecule has 0 fully saturated rings. The van der Waals surface area contributed by atoms with Crippen LogP contribution in [-0.2, 0) is 14.0 Å². The van der Waals surface area contributed by atoms with Crippen LogP contribution in [0.4, 0.5) is 0 Å². The van der Waals surface area contributed by atoms with Crippen molar-refractivity contribution >= 4 is 15.0 Å². The first-order valence-corrected chi connectivity index (χ1v) is 7.89. The van der Waals surface area contributed by atoms with Gasteiger partial charge in [-0.25, -0.2) is 4.79 Å². The van der Waals surface area contributed by atoms with E-state index < -0.39 is 15.1 Å². The second-order valence-electron chi connectivity index (χ2n) is 4.68. The fourth-order valence-electron chi connectivity index (χ4n) is 1.10. The fourth-order valence-corrected chi connectivity index (χ4v) is 2.17. The van der Waals surface area contributed by atoms with Crippen LogP contribution in [0.3, 0.4) is 0 Å². The molecule has 1 atom stereocenters. The number of rotatable bonds is 4. The lowest BCUT2D eigenvalue weighted by Crippen LogP contribution is -2.41. The van der Waals surface area contributed by atoms with Crippen LogP contribution < -0.4 is 0 Å². The van der Waals surface area contributed by atoms with Crippen LogP contribution in [-0.4, -0.2) is 27.7 Å². The van der Waals surface area contributed by atoms with E-state index in [0.717, 1.165) is 0 Å². The molecule has 84 valence electrons. The number of esters is 1. The molecule has 0 aliphatic carbocycles. The van der Waals surface area contributed by atoms with E-state index in [-0.39, 0.29) is 11.4 Å². The summed E-state index contributed by atoms with van der Waals surface area (Å²) < 4.78 is 10.7. The third-order valence-electron chi connectivity index (χ3n) is 1.70. The molecule has 0 aromatic rings. The van der Waals surface area contributed by atoms with Gasteiger partial charge in [0, 0.05) is 0 Å². The van der Waals surface area contributed by atoms with Gasteiger partial charge in [0.1, 0.15) is 6.10 Å². The number of carbonyl (C=O) groups excluding carboxylic acids is 1. The van der Waals surface area contributed by atoms with Crippen LogP contribution in [0.1, 0.15) is 27.7 Å². The van der Waals surface area contributed by atoms with Crippen molar-refractivity contribution in [1.82, 2.24) is 0 Å². The lowest BCUT2D eigenvalue weighted by Gasteiger charge is -2.30. The van der Waals surface area contributed by atoms with Crippen LogP contribution >= 0.6 is 0 Å². The number of ether oxygens (including phenoxy) is 1. The van der Waals surface area contributed by atoms with Gasteiger partial charge < -0.3 is 9.16 Å². The summed E-state index contributed by atoms with van der Waals surface area (Å²) in [7, 11) is -1.21. The summed E-state index contributed by atoms with van der Waals surface area (Å²) in [6.07, 6.45) is -0.422. The first kappa shape index (κ1) is 13.6. The molecule has 0 heterocycles. The Morgan fingerprint density at radius 3 is 2.14 bits per heavy atom. The zero-order valence-electron chi connectivity index (χ0n) is 10.1. The maximum Gasteiger partial charge on any atom is 0.334 e. The van der Waals surface area contributed by atoms with E-state index in [0.29, 0.717) is 6.61 Å². The normalized spacial score (nSPS) is 14.2. The highest BCUT2D eigenvalue weighted by molar-refractivity contribution is 6.48. The lowest BCUT2D eigenvalue weighted by atomic mass is 9.89. The molecule has 3 nitrogen and oxygen atoms in total. The Morgan fingerprint density at radius 1 is 1.36 bits per heavy atom. The fraction of sp³-hybridized carbons (Fsp3) is 0.900. The molecular formula is C10H22O3Si. The predicted octanol–water partition coefficient (Wildman–Crippen LogP) is 1.96. The maximum absolute atomic E-state index is 11.6. The predicted molar refractivity (Wildman–Crippen MR) is 59.8 cm³/mol. The number of hydrogen-bond donors (Lipinski definition) is 0. The highest BCUT2D eigenvalue weighted by atomic mass is 28.3. The summed E-state index contributed by atoms with van der Waals surface area (Å²) in [4.78, 5) is 11.6. The Labute approximate surface area is 88.5 Å². The Bertz CT molecular complexity index is 184. The van der Waals surface area contributed by atoms with Crippen LogP contribution in [0.2, 0.25) is 13.1 Å². The molecule has 0 amide bonds. The summed E-state index contributed by atoms with van der Waals surface area (Å²) in [5, 5.41) is 0. The van der Waals surface area contributed by atoms with Crippen LogP contribution in [0.15, 0.2) is 0 Å². The number of hydrogen-bond acceptors (Lipinski definition) is 3. The first-order valence-electron chi connectivity index (χ1n) is 5.11. The summed E-state index contributed by atoms with van der Waals surface area (Å²) in [5.41, 5.74) is -0.191. The lowest BCUT2D eigenvalue weighted by molar-refractivity contribution is -0.156. The van der Waals surface area contributed by atoms with Gasteiger partial charge >= 0.3 is 5.97 Å². The molecule has 0 spiro atoms. The van der Waals surface area contributed by atoms with E-state index in [1.165, 1.54) is 0 Å². The molecule has 0 radical (unpaired) electrons. The van der Waals surface area contributed by atoms with Crippen molar-refractivity contribution in [2.24, 2.45) is 5.41 Å². The largest absolute Gasteiger partial charge is 0.464 e. The third kappa shape index (κ3) is 4.76. The van der Waals surface area contributed by atoms with Gasteiger partial charge in [0.15, 0.2) is 9.04 Å². The molecule has 0 N–H and O–H groups in total. The van der Waals surface area contributed by atoms with E-state index in [1.54, 1.807) is 0 Å². The van der Waals surface area contributed by atoms with Crippen molar-refractivity contribution in [3.8, 4) is 0 Å². The van der Waals surface area contributed by atoms with E-state index in [9.17, 15) is 4.79 Å². The average molecular weight is 218 g/mol. The molecule has 0 bridgehead atoms. The van der Waals surface area contributed by atoms with Gasteiger partial charge in [0.2, 0.25) is 0 Å². The van der Waals surface area contributed by atoms with Gasteiger partial charge in [-0.05, 0) is 25.4 Å². The van der Waals surface area contributed by atoms with Crippen LogP contribution in [0.25, 0.3) is 0 Å². The Hall–Kier alpha value is -0.353. The van der Waals surface area contributed by atoms with Crippen molar-refractivity contribution in [3.05, 3.63) is 0 Å². The zero-order valence-corrected chi connectivity index (χ0v) is 11.2. The van der Waals surface area contributed by atoms with Crippen LogP contribution in [0.5, 0.6) is 0 Å². The minimum Gasteiger partial charge on any atom is -0.464 e. The Balaban J connectivity index is 4.47. The van der Waals surface area contributed by atoms with Crippen LogP contribution in [0, 0.1) is 5.41 Å². The molecule has 0 aliphatic heterocycles. The van der Waals surface area contributed by atoms with E-state index in [1.807, 2.05) is 27.7 Å². The van der Waals surface area contributed by atoms with Crippen molar-refractivity contribution < 1.29 is 14.0 Å². The van der Waals surface area contributed by atoms with Gasteiger partial charge in [-0.1, -0.05) is 20.8 Å². The smallest absolute Gasteiger partial charge is 0.334 e. The van der Waals surface area contributed by atoms with Gasteiger partial charge in [0.25, 0.3) is 0 Å². The minimum atomic E-state index is -1.21. The van der Waals surface area contributed by atoms with Gasteiger partial charge in [-0.15, -0.1) is 0 Å². The monoisotopic (exact) mass is 218 g/mol. The summed E-state index contributed by atoms with van der Waals surface area (Å²) >= 11 is 0. The molecule has 0 aromatic heterocycles. The quantitative estimate of drug-likeness (QED) is 0.534. The number of carbonyl (C=O) groups is 1. The van der Waals surface area contributed by atoms with Gasteiger partial charge in [-0.3, -0.25) is 0 Å². The molecule has 4 heteroatoms. The topological polar surface area (TPSA) is 35.5 Å². The molecule has 0 saturated heterocycles. The highest BCUT2D eigenvalue weighted by Gasteiger charge is 2.33. The highest BCUT2D eigenvalue weighted by Crippen LogP contribution is 2.24. The van der Waals surface area contributed by atoms with Gasteiger partial charge in [0.05, 0.1) is 6.61 Å². The van der Waals surface area contributed by atoms with Crippen molar-refractivity contribution in [2.75, 3.05) is 6.61 Å². The first-order chi connectivity index (χ1) is 6.29. The second kappa shape index (κ2) is 5.51. The third-order valence-corrected chi connectivity index (χ3v) is 2.51. The minimum absolute atomic E-state index is 0.191.